The van der Waals surface area contributed by atoms with Gasteiger partial charge in [0.05, 0.1) is 11.6 Å². The number of nitrogens with one attached hydrogen (secondary N) is 1. The van der Waals surface area contributed by atoms with Crippen LogP contribution in [0.1, 0.15) is 37.0 Å². The molecule has 0 saturated carbocycles. The van der Waals surface area contributed by atoms with Crippen LogP contribution in [0.3, 0.4) is 0 Å². The van der Waals surface area contributed by atoms with Crippen molar-refractivity contribution in [2.24, 2.45) is 0 Å². The Bertz CT molecular complexity index is 497. The van der Waals surface area contributed by atoms with Gasteiger partial charge in [-0.2, -0.15) is 0 Å². The summed E-state index contributed by atoms with van der Waals surface area (Å²) >= 11 is 3.41. The third kappa shape index (κ3) is 4.20. The van der Waals surface area contributed by atoms with Gasteiger partial charge < -0.3 is 15.0 Å². The van der Waals surface area contributed by atoms with Crippen LogP contribution in [0.15, 0.2) is 22.7 Å². The Morgan fingerprint density at radius 1 is 1.38 bits per heavy atom. The average Bonchev–Trinajstić information content (AvgIpc) is 2.47. The average molecular weight is 355 g/mol. The molecule has 0 atom stereocenters. The number of ether oxygens (including phenoxy) is 1. The smallest absolute Gasteiger partial charge is 0.251 e. The monoisotopic (exact) mass is 354 g/mol. The molecule has 0 aromatic heterocycles. The van der Waals surface area contributed by atoms with E-state index in [4.69, 9.17) is 4.74 Å². The SMILES string of the molecule is COc1ccc(C(=O)NC2CCN(C(C)C)CC2)cc1Br. The van der Waals surface area contributed by atoms with Crippen molar-refractivity contribution in [3.63, 3.8) is 0 Å². The Morgan fingerprint density at radius 2 is 2.05 bits per heavy atom. The number of carbonyl (C=O) groups excluding carboxylic acids is 1. The highest BCUT2D eigenvalue weighted by Crippen LogP contribution is 2.25. The summed E-state index contributed by atoms with van der Waals surface area (Å²) in [6.45, 7) is 6.53. The van der Waals surface area contributed by atoms with Crippen molar-refractivity contribution in [1.82, 2.24) is 10.2 Å². The second kappa shape index (κ2) is 7.27. The van der Waals surface area contributed by atoms with Crippen LogP contribution in [0, 0.1) is 0 Å². The molecule has 21 heavy (non-hydrogen) atoms. The molecule has 1 aliphatic heterocycles. The van der Waals surface area contributed by atoms with E-state index in [0.717, 1.165) is 36.2 Å². The second-order valence-electron chi connectivity index (χ2n) is 5.73. The van der Waals surface area contributed by atoms with Crippen LogP contribution in [-0.4, -0.2) is 43.1 Å². The first-order chi connectivity index (χ1) is 10.0. The predicted octanol–water partition coefficient (Wildman–Crippen LogP) is 3.06. The largest absolute Gasteiger partial charge is 0.496 e. The van der Waals surface area contributed by atoms with Crippen molar-refractivity contribution in [2.45, 2.75) is 38.8 Å². The molecule has 1 aromatic rings. The number of hydrogen-bond donors (Lipinski definition) is 1. The molecule has 0 aliphatic carbocycles. The van der Waals surface area contributed by atoms with Gasteiger partial charge in [0.2, 0.25) is 0 Å². The van der Waals surface area contributed by atoms with Crippen LogP contribution >= 0.6 is 15.9 Å². The molecule has 1 amide bonds. The number of benzene rings is 1. The molecule has 1 N–H and O–H groups in total. The highest BCUT2D eigenvalue weighted by atomic mass is 79.9. The molecule has 1 saturated heterocycles. The molecule has 5 heteroatoms. The van der Waals surface area contributed by atoms with Crippen LogP contribution in [-0.2, 0) is 0 Å². The van der Waals surface area contributed by atoms with Gasteiger partial charge in [0.15, 0.2) is 0 Å². The predicted molar refractivity (Wildman–Crippen MR) is 87.9 cm³/mol. The minimum atomic E-state index is -0.0126. The summed E-state index contributed by atoms with van der Waals surface area (Å²) in [5.74, 6) is 0.721. The van der Waals surface area contributed by atoms with Crippen LogP contribution in [0.5, 0.6) is 5.75 Å². The van der Waals surface area contributed by atoms with Gasteiger partial charge in [-0.15, -0.1) is 0 Å². The number of rotatable bonds is 4. The third-order valence-electron chi connectivity index (χ3n) is 4.01. The van der Waals surface area contributed by atoms with E-state index in [-0.39, 0.29) is 11.9 Å². The topological polar surface area (TPSA) is 41.6 Å². The number of likely N-dealkylation sites (tertiary alicyclic amines) is 1. The Kier molecular flexibility index (Phi) is 5.65. The maximum atomic E-state index is 12.3. The van der Waals surface area contributed by atoms with Crippen molar-refractivity contribution in [3.8, 4) is 5.75 Å². The molecule has 2 rings (SSSR count). The van der Waals surface area contributed by atoms with Crippen LogP contribution in [0.4, 0.5) is 0 Å². The van der Waals surface area contributed by atoms with Crippen molar-refractivity contribution >= 4 is 21.8 Å². The summed E-state index contributed by atoms with van der Waals surface area (Å²) in [6.07, 6.45) is 2.03. The molecule has 4 nitrogen and oxygen atoms in total. The highest BCUT2D eigenvalue weighted by molar-refractivity contribution is 9.10. The summed E-state index contributed by atoms with van der Waals surface area (Å²) in [7, 11) is 1.61. The molecule has 1 aliphatic rings. The number of carbonyl (C=O) groups is 1. The fourth-order valence-corrected chi connectivity index (χ4v) is 3.18. The van der Waals surface area contributed by atoms with Gasteiger partial charge in [0.1, 0.15) is 5.75 Å². The Labute approximate surface area is 135 Å². The van der Waals surface area contributed by atoms with Crippen molar-refractivity contribution < 1.29 is 9.53 Å². The summed E-state index contributed by atoms with van der Waals surface area (Å²) in [4.78, 5) is 14.7. The fraction of sp³-hybridized carbons (Fsp3) is 0.562. The molecular formula is C16H23BrN2O2. The van der Waals surface area contributed by atoms with Gasteiger partial charge in [-0.25, -0.2) is 0 Å². The lowest BCUT2D eigenvalue weighted by Crippen LogP contribution is -2.46. The van der Waals surface area contributed by atoms with Crippen molar-refractivity contribution in [2.75, 3.05) is 20.2 Å². The zero-order valence-corrected chi connectivity index (χ0v) is 14.4. The first-order valence-corrected chi connectivity index (χ1v) is 8.19. The summed E-state index contributed by atoms with van der Waals surface area (Å²) < 4.78 is 5.98. The van der Waals surface area contributed by atoms with Gasteiger partial charge in [0, 0.05) is 30.7 Å². The van der Waals surface area contributed by atoms with Crippen molar-refractivity contribution in [3.05, 3.63) is 28.2 Å². The van der Waals surface area contributed by atoms with Gasteiger partial charge in [-0.1, -0.05) is 0 Å². The number of hydrogen-bond acceptors (Lipinski definition) is 3. The molecule has 1 aromatic carbocycles. The Morgan fingerprint density at radius 3 is 2.57 bits per heavy atom. The van der Waals surface area contributed by atoms with E-state index in [2.05, 4.69) is 40.0 Å². The van der Waals surface area contributed by atoms with Gasteiger partial charge in [-0.05, 0) is 60.8 Å². The molecular weight excluding hydrogens is 332 g/mol. The Hall–Kier alpha value is -1.07. The normalized spacial score (nSPS) is 17.0. The summed E-state index contributed by atoms with van der Waals surface area (Å²) in [5.41, 5.74) is 0.661. The quantitative estimate of drug-likeness (QED) is 0.903. The molecule has 1 fully saturated rings. The van der Waals surface area contributed by atoms with E-state index in [0.29, 0.717) is 11.6 Å². The first-order valence-electron chi connectivity index (χ1n) is 7.39. The molecule has 0 radical (unpaired) electrons. The highest BCUT2D eigenvalue weighted by Gasteiger charge is 2.22. The number of halogens is 1. The minimum Gasteiger partial charge on any atom is -0.496 e. The second-order valence-corrected chi connectivity index (χ2v) is 6.58. The molecule has 0 bridgehead atoms. The van der Waals surface area contributed by atoms with Crippen LogP contribution in [0.25, 0.3) is 0 Å². The minimum absolute atomic E-state index is 0.0126. The zero-order chi connectivity index (χ0) is 15.4. The summed E-state index contributed by atoms with van der Waals surface area (Å²) in [6, 6.07) is 6.26. The fourth-order valence-electron chi connectivity index (χ4n) is 2.64. The van der Waals surface area contributed by atoms with E-state index in [1.54, 1.807) is 25.3 Å². The van der Waals surface area contributed by atoms with Gasteiger partial charge in [-0.3, -0.25) is 4.79 Å². The number of methoxy groups -OCH3 is 1. The molecule has 0 spiro atoms. The van der Waals surface area contributed by atoms with E-state index < -0.39 is 0 Å². The first kappa shape index (κ1) is 16.3. The van der Waals surface area contributed by atoms with E-state index in [1.807, 2.05) is 0 Å². The standard InChI is InChI=1S/C16H23BrN2O2/c1-11(2)19-8-6-13(7-9-19)18-16(20)12-4-5-15(21-3)14(17)10-12/h4-5,10-11,13H,6-9H2,1-3H3,(H,18,20). The lowest BCUT2D eigenvalue weighted by atomic mass is 10.0. The third-order valence-corrected chi connectivity index (χ3v) is 4.63. The van der Waals surface area contributed by atoms with Crippen LogP contribution in [0.2, 0.25) is 0 Å². The van der Waals surface area contributed by atoms with E-state index >= 15 is 0 Å². The lowest BCUT2D eigenvalue weighted by molar-refractivity contribution is 0.0900. The maximum absolute atomic E-state index is 12.3. The molecule has 116 valence electrons. The van der Waals surface area contributed by atoms with Crippen molar-refractivity contribution in [1.29, 1.82) is 0 Å². The van der Waals surface area contributed by atoms with E-state index in [1.165, 1.54) is 0 Å². The summed E-state index contributed by atoms with van der Waals surface area (Å²) in [5, 5.41) is 3.13. The lowest BCUT2D eigenvalue weighted by Gasteiger charge is -2.34. The number of amides is 1. The zero-order valence-electron chi connectivity index (χ0n) is 12.9. The Balaban J connectivity index is 1.92. The molecule has 0 unspecified atom stereocenters. The van der Waals surface area contributed by atoms with Crippen LogP contribution < -0.4 is 10.1 Å². The maximum Gasteiger partial charge on any atom is 0.251 e. The number of piperidine rings is 1. The van der Waals surface area contributed by atoms with Gasteiger partial charge in [0.25, 0.3) is 5.91 Å². The van der Waals surface area contributed by atoms with Gasteiger partial charge >= 0.3 is 0 Å². The number of nitrogens with zero attached hydrogens (tertiary/aromatic N) is 1. The van der Waals surface area contributed by atoms with E-state index in [9.17, 15) is 4.79 Å². The molecule has 1 heterocycles.